The zero-order valence-corrected chi connectivity index (χ0v) is 17.0. The van der Waals surface area contributed by atoms with E-state index < -0.39 is 15.3 Å². The van der Waals surface area contributed by atoms with Crippen molar-refractivity contribution in [3.05, 3.63) is 60.1 Å². The van der Waals surface area contributed by atoms with Crippen LogP contribution in [0.25, 0.3) is 0 Å². The Morgan fingerprint density at radius 2 is 2.07 bits per heavy atom. The Morgan fingerprint density at radius 1 is 1.25 bits per heavy atom. The summed E-state index contributed by atoms with van der Waals surface area (Å²) < 4.78 is 32.7. The third-order valence-corrected chi connectivity index (χ3v) is 6.67. The number of sulfonamides is 1. The van der Waals surface area contributed by atoms with Gasteiger partial charge in [0, 0.05) is 32.6 Å². The molecule has 1 aromatic heterocycles. The van der Waals surface area contributed by atoms with Gasteiger partial charge in [-0.25, -0.2) is 18.1 Å². The van der Waals surface area contributed by atoms with Gasteiger partial charge in [0.1, 0.15) is 5.76 Å². The van der Waals surface area contributed by atoms with E-state index in [0.717, 1.165) is 23.7 Å². The first-order chi connectivity index (χ1) is 13.6. The van der Waals surface area contributed by atoms with Gasteiger partial charge in [0.05, 0.1) is 18.1 Å². The summed E-state index contributed by atoms with van der Waals surface area (Å²) in [5.74, 6) is 1.65. The van der Waals surface area contributed by atoms with Gasteiger partial charge in [-0.1, -0.05) is 37.3 Å². The minimum Gasteiger partial charge on any atom is -0.469 e. The van der Waals surface area contributed by atoms with Crippen LogP contribution in [0.1, 0.15) is 24.7 Å². The average molecular weight is 405 g/mol. The molecule has 0 spiro atoms. The number of guanidine groups is 1. The van der Waals surface area contributed by atoms with Crippen LogP contribution in [0.2, 0.25) is 0 Å². The lowest BCUT2D eigenvalue weighted by atomic mass is 10.2. The molecule has 0 radical (unpaired) electrons. The third-order valence-electron chi connectivity index (χ3n) is 4.72. The van der Waals surface area contributed by atoms with Crippen molar-refractivity contribution < 1.29 is 12.8 Å². The highest BCUT2D eigenvalue weighted by atomic mass is 32.2. The molecule has 28 heavy (non-hydrogen) atoms. The number of likely N-dealkylation sites (tertiary alicyclic amines) is 1. The summed E-state index contributed by atoms with van der Waals surface area (Å²) in [4.78, 5) is 6.78. The van der Waals surface area contributed by atoms with E-state index in [9.17, 15) is 8.42 Å². The lowest BCUT2D eigenvalue weighted by Gasteiger charge is -2.22. The number of nitrogens with zero attached hydrogens (tertiary/aromatic N) is 2. The number of aliphatic imine (C=N–C) groups is 1. The van der Waals surface area contributed by atoms with Crippen LogP contribution in [0.4, 0.5) is 0 Å². The molecule has 1 fully saturated rings. The number of hydrogen-bond acceptors (Lipinski definition) is 4. The van der Waals surface area contributed by atoms with Crippen LogP contribution in [0.5, 0.6) is 0 Å². The Labute approximate surface area is 166 Å². The van der Waals surface area contributed by atoms with Crippen LogP contribution in [0.3, 0.4) is 0 Å². The van der Waals surface area contributed by atoms with Gasteiger partial charge in [0.2, 0.25) is 10.0 Å². The summed E-state index contributed by atoms with van der Waals surface area (Å²) in [5.41, 5.74) is 1.11. The molecule has 152 valence electrons. The van der Waals surface area contributed by atoms with Crippen molar-refractivity contribution in [2.24, 2.45) is 4.99 Å². The lowest BCUT2D eigenvalue weighted by Crippen LogP contribution is -2.43. The Morgan fingerprint density at radius 3 is 2.79 bits per heavy atom. The molecule has 1 atom stereocenters. The highest BCUT2D eigenvalue weighted by molar-refractivity contribution is 7.90. The summed E-state index contributed by atoms with van der Waals surface area (Å²) in [6.45, 7) is 4.53. The average Bonchev–Trinajstić information content (AvgIpc) is 3.37. The van der Waals surface area contributed by atoms with E-state index in [4.69, 9.17) is 9.41 Å². The Bertz CT molecular complexity index is 851. The van der Waals surface area contributed by atoms with Crippen molar-refractivity contribution in [1.82, 2.24) is 14.9 Å². The summed E-state index contributed by atoms with van der Waals surface area (Å²) >= 11 is 0. The molecule has 1 unspecified atom stereocenters. The topological polar surface area (TPSA) is 86.9 Å². The van der Waals surface area contributed by atoms with E-state index in [1.54, 1.807) is 13.2 Å². The largest absolute Gasteiger partial charge is 0.469 e. The van der Waals surface area contributed by atoms with Crippen molar-refractivity contribution in [2.75, 3.05) is 26.2 Å². The van der Waals surface area contributed by atoms with E-state index in [1.807, 2.05) is 47.4 Å². The van der Waals surface area contributed by atoms with Crippen molar-refractivity contribution in [1.29, 1.82) is 0 Å². The normalized spacial score (nSPS) is 17.8. The van der Waals surface area contributed by atoms with Gasteiger partial charge in [0.25, 0.3) is 0 Å². The molecule has 2 aromatic rings. The van der Waals surface area contributed by atoms with E-state index in [-0.39, 0.29) is 0 Å². The number of benzene rings is 1. The van der Waals surface area contributed by atoms with Crippen molar-refractivity contribution in [3.63, 3.8) is 0 Å². The maximum absolute atomic E-state index is 12.3. The molecule has 1 saturated heterocycles. The third kappa shape index (κ3) is 5.59. The summed E-state index contributed by atoms with van der Waals surface area (Å²) in [7, 11) is -3.29. The minimum atomic E-state index is -3.29. The quantitative estimate of drug-likeness (QED) is 0.519. The second-order valence-corrected chi connectivity index (χ2v) is 8.83. The molecule has 1 aromatic carbocycles. The van der Waals surface area contributed by atoms with Crippen molar-refractivity contribution >= 4 is 16.0 Å². The first kappa shape index (κ1) is 20.4. The fourth-order valence-corrected chi connectivity index (χ4v) is 4.69. The molecule has 1 aliphatic rings. The maximum atomic E-state index is 12.3. The van der Waals surface area contributed by atoms with Gasteiger partial charge in [-0.05, 0) is 24.1 Å². The fraction of sp³-hybridized carbons (Fsp3) is 0.450. The Balaban J connectivity index is 1.66. The first-order valence-corrected chi connectivity index (χ1v) is 11.2. The van der Waals surface area contributed by atoms with Gasteiger partial charge in [-0.3, -0.25) is 0 Å². The zero-order chi connectivity index (χ0) is 19.8. The van der Waals surface area contributed by atoms with Crippen LogP contribution in [-0.4, -0.2) is 50.7 Å². The summed E-state index contributed by atoms with van der Waals surface area (Å²) in [6, 6.07) is 13.8. The molecule has 1 aliphatic heterocycles. The molecular weight excluding hydrogens is 376 g/mol. The first-order valence-electron chi connectivity index (χ1n) is 9.66. The standard InChI is InChI=1S/C20H28N4O3S/c1-2-23-28(25,26)19-11-13-24(16-19)20(21-12-10-18-9-6-14-27-18)22-15-17-7-4-3-5-8-17/h3-9,14,19,23H,2,10-13,15-16H2,1H3,(H,21,22). The van der Waals surface area contributed by atoms with Crippen LogP contribution in [0, 0.1) is 0 Å². The SMILES string of the molecule is CCNS(=O)(=O)C1CCN(C(=NCc2ccccc2)NCCc2ccco2)C1. The zero-order valence-electron chi connectivity index (χ0n) is 16.2. The summed E-state index contributed by atoms with van der Waals surface area (Å²) in [6.07, 6.45) is 3.00. The number of hydrogen-bond donors (Lipinski definition) is 2. The molecule has 0 aliphatic carbocycles. The number of nitrogens with one attached hydrogen (secondary N) is 2. The van der Waals surface area contributed by atoms with E-state index in [0.29, 0.717) is 39.1 Å². The van der Waals surface area contributed by atoms with Gasteiger partial charge < -0.3 is 14.6 Å². The highest BCUT2D eigenvalue weighted by Gasteiger charge is 2.33. The Kier molecular flexibility index (Phi) is 7.11. The Hall–Kier alpha value is -2.32. The second kappa shape index (κ2) is 9.75. The second-order valence-electron chi connectivity index (χ2n) is 6.78. The molecule has 0 amide bonds. The molecule has 7 nitrogen and oxygen atoms in total. The van der Waals surface area contributed by atoms with Gasteiger partial charge in [0.15, 0.2) is 5.96 Å². The fourth-order valence-electron chi connectivity index (χ4n) is 3.26. The monoisotopic (exact) mass is 404 g/mol. The van der Waals surface area contributed by atoms with Gasteiger partial charge in [-0.15, -0.1) is 0 Å². The number of furan rings is 1. The molecule has 2 N–H and O–H groups in total. The van der Waals surface area contributed by atoms with Crippen molar-refractivity contribution in [2.45, 2.75) is 31.6 Å². The predicted molar refractivity (Wildman–Crippen MR) is 111 cm³/mol. The van der Waals surface area contributed by atoms with E-state index in [1.165, 1.54) is 0 Å². The van der Waals surface area contributed by atoms with Crippen molar-refractivity contribution in [3.8, 4) is 0 Å². The van der Waals surface area contributed by atoms with Crippen LogP contribution in [-0.2, 0) is 23.0 Å². The molecule has 0 bridgehead atoms. The predicted octanol–water partition coefficient (Wildman–Crippen LogP) is 1.98. The van der Waals surface area contributed by atoms with E-state index >= 15 is 0 Å². The smallest absolute Gasteiger partial charge is 0.216 e. The molecule has 2 heterocycles. The van der Waals surface area contributed by atoms with Crippen LogP contribution >= 0.6 is 0 Å². The van der Waals surface area contributed by atoms with Gasteiger partial charge >= 0.3 is 0 Å². The lowest BCUT2D eigenvalue weighted by molar-refractivity contribution is 0.478. The maximum Gasteiger partial charge on any atom is 0.216 e. The summed E-state index contributed by atoms with van der Waals surface area (Å²) in [5, 5.41) is 2.96. The molecule has 8 heteroatoms. The van der Waals surface area contributed by atoms with E-state index in [2.05, 4.69) is 10.0 Å². The highest BCUT2D eigenvalue weighted by Crippen LogP contribution is 2.17. The molecule has 0 saturated carbocycles. The van der Waals surface area contributed by atoms with Gasteiger partial charge in [-0.2, -0.15) is 0 Å². The molecular formula is C20H28N4O3S. The number of rotatable bonds is 8. The van der Waals surface area contributed by atoms with Crippen LogP contribution < -0.4 is 10.0 Å². The minimum absolute atomic E-state index is 0.412. The van der Waals surface area contributed by atoms with Crippen LogP contribution in [0.15, 0.2) is 58.1 Å². The molecule has 3 rings (SSSR count).